The monoisotopic (exact) mass is 225 g/mol. The highest BCUT2D eigenvalue weighted by Gasteiger charge is 2.15. The Kier molecular flexibility index (Phi) is 3.48. The average molecular weight is 225 g/mol. The lowest BCUT2D eigenvalue weighted by Gasteiger charge is -2.16. The van der Waals surface area contributed by atoms with E-state index in [1.165, 1.54) is 0 Å². The van der Waals surface area contributed by atoms with Gasteiger partial charge in [-0.2, -0.15) is 0 Å². The minimum atomic E-state index is -0.148. The van der Waals surface area contributed by atoms with Crippen molar-refractivity contribution in [2.45, 2.75) is 6.10 Å². The van der Waals surface area contributed by atoms with Crippen LogP contribution in [0.25, 0.3) is 0 Å². The van der Waals surface area contributed by atoms with Gasteiger partial charge in [0.05, 0.1) is 6.61 Å². The van der Waals surface area contributed by atoms with Gasteiger partial charge < -0.3 is 24.7 Å². The molecule has 0 spiro atoms. The largest absolute Gasteiger partial charge is 0.487 e. The second-order valence-electron chi connectivity index (χ2n) is 3.45. The fourth-order valence-corrected chi connectivity index (χ4v) is 1.48. The molecule has 16 heavy (non-hydrogen) atoms. The summed E-state index contributed by atoms with van der Waals surface area (Å²) in [6, 6.07) is 5.44. The lowest BCUT2D eigenvalue weighted by Crippen LogP contribution is -2.31. The molecule has 1 heterocycles. The van der Waals surface area contributed by atoms with Crippen molar-refractivity contribution in [2.75, 3.05) is 27.1 Å². The van der Waals surface area contributed by atoms with Gasteiger partial charge in [0.2, 0.25) is 6.79 Å². The van der Waals surface area contributed by atoms with Crippen LogP contribution in [0.2, 0.25) is 0 Å². The third kappa shape index (κ3) is 2.37. The normalized spacial score (nSPS) is 14.9. The molecule has 0 aromatic heterocycles. The summed E-state index contributed by atoms with van der Waals surface area (Å²) in [6.07, 6.45) is -0.148. The Morgan fingerprint density at radius 3 is 2.94 bits per heavy atom. The number of nitrogens with two attached hydrogens (primary N) is 1. The summed E-state index contributed by atoms with van der Waals surface area (Å²) in [6.45, 7) is 1.13. The van der Waals surface area contributed by atoms with Crippen LogP contribution in [0, 0.1) is 0 Å². The SMILES string of the molecule is COCC(CN)Oc1ccc2c(c1)OCO2. The molecule has 2 rings (SSSR count). The molecule has 88 valence electrons. The van der Waals surface area contributed by atoms with Crippen molar-refractivity contribution in [3.63, 3.8) is 0 Å². The van der Waals surface area contributed by atoms with Gasteiger partial charge in [-0.05, 0) is 12.1 Å². The van der Waals surface area contributed by atoms with Gasteiger partial charge in [-0.3, -0.25) is 0 Å². The number of rotatable bonds is 5. The van der Waals surface area contributed by atoms with Crippen LogP contribution in [-0.4, -0.2) is 33.2 Å². The minimum Gasteiger partial charge on any atom is -0.487 e. The molecule has 5 nitrogen and oxygen atoms in total. The van der Waals surface area contributed by atoms with Crippen LogP contribution >= 0.6 is 0 Å². The van der Waals surface area contributed by atoms with E-state index in [4.69, 9.17) is 24.7 Å². The van der Waals surface area contributed by atoms with Crippen molar-refractivity contribution < 1.29 is 18.9 Å². The van der Waals surface area contributed by atoms with Gasteiger partial charge in [0.1, 0.15) is 11.9 Å². The first-order valence-electron chi connectivity index (χ1n) is 5.09. The smallest absolute Gasteiger partial charge is 0.231 e. The maximum atomic E-state index is 5.64. The molecular weight excluding hydrogens is 210 g/mol. The molecule has 1 unspecified atom stereocenters. The fraction of sp³-hybridized carbons (Fsp3) is 0.455. The van der Waals surface area contributed by atoms with Gasteiger partial charge in [-0.1, -0.05) is 0 Å². The standard InChI is InChI=1S/C11H15NO4/c1-13-6-9(5-12)16-8-2-3-10-11(4-8)15-7-14-10/h2-4,9H,5-7,12H2,1H3. The Labute approximate surface area is 94.0 Å². The van der Waals surface area contributed by atoms with Crippen molar-refractivity contribution in [1.29, 1.82) is 0 Å². The Hall–Kier alpha value is -1.46. The van der Waals surface area contributed by atoms with Gasteiger partial charge in [0.25, 0.3) is 0 Å². The molecule has 1 aliphatic rings. The fourth-order valence-electron chi connectivity index (χ4n) is 1.48. The summed E-state index contributed by atoms with van der Waals surface area (Å²) < 4.78 is 21.1. The highest BCUT2D eigenvalue weighted by Crippen LogP contribution is 2.35. The maximum Gasteiger partial charge on any atom is 0.231 e. The molecule has 1 aliphatic heterocycles. The first-order chi connectivity index (χ1) is 7.83. The maximum absolute atomic E-state index is 5.64. The van der Waals surface area contributed by atoms with E-state index in [9.17, 15) is 0 Å². The molecule has 2 N–H and O–H groups in total. The predicted molar refractivity (Wildman–Crippen MR) is 57.9 cm³/mol. The Morgan fingerprint density at radius 2 is 2.19 bits per heavy atom. The van der Waals surface area contributed by atoms with E-state index in [1.54, 1.807) is 13.2 Å². The molecule has 1 aromatic rings. The van der Waals surface area contributed by atoms with Gasteiger partial charge in [0, 0.05) is 19.7 Å². The first kappa shape index (κ1) is 11.0. The van der Waals surface area contributed by atoms with Crippen LogP contribution in [0.3, 0.4) is 0 Å². The van der Waals surface area contributed by atoms with Crippen molar-refractivity contribution >= 4 is 0 Å². The molecule has 0 saturated heterocycles. The molecular formula is C11H15NO4. The highest BCUT2D eigenvalue weighted by molar-refractivity contribution is 5.46. The summed E-state index contributed by atoms with van der Waals surface area (Å²) in [4.78, 5) is 0. The van der Waals surface area contributed by atoms with Gasteiger partial charge in [-0.15, -0.1) is 0 Å². The second kappa shape index (κ2) is 5.05. The van der Waals surface area contributed by atoms with E-state index in [2.05, 4.69) is 0 Å². The first-order valence-corrected chi connectivity index (χ1v) is 5.09. The molecule has 0 bridgehead atoms. The van der Waals surface area contributed by atoms with Gasteiger partial charge >= 0.3 is 0 Å². The van der Waals surface area contributed by atoms with Crippen LogP contribution in [-0.2, 0) is 4.74 Å². The van der Waals surface area contributed by atoms with E-state index in [-0.39, 0.29) is 12.9 Å². The van der Waals surface area contributed by atoms with Gasteiger partial charge in [0.15, 0.2) is 11.5 Å². The van der Waals surface area contributed by atoms with E-state index in [0.29, 0.717) is 24.7 Å². The number of benzene rings is 1. The summed E-state index contributed by atoms with van der Waals surface area (Å²) in [5.74, 6) is 2.14. The Morgan fingerprint density at radius 1 is 1.38 bits per heavy atom. The molecule has 0 radical (unpaired) electrons. The van der Waals surface area contributed by atoms with Crippen LogP contribution in [0.1, 0.15) is 0 Å². The number of methoxy groups -OCH3 is 1. The molecule has 1 atom stereocenters. The van der Waals surface area contributed by atoms with Crippen LogP contribution in [0.4, 0.5) is 0 Å². The number of hydrogen-bond acceptors (Lipinski definition) is 5. The average Bonchev–Trinajstić information content (AvgIpc) is 2.75. The van der Waals surface area contributed by atoms with E-state index >= 15 is 0 Å². The molecule has 0 amide bonds. The highest BCUT2D eigenvalue weighted by atomic mass is 16.7. The quantitative estimate of drug-likeness (QED) is 0.801. The lowest BCUT2D eigenvalue weighted by atomic mass is 10.3. The molecule has 1 aromatic carbocycles. The molecule has 0 fully saturated rings. The van der Waals surface area contributed by atoms with E-state index in [1.807, 2.05) is 12.1 Å². The second-order valence-corrected chi connectivity index (χ2v) is 3.45. The van der Waals surface area contributed by atoms with Crippen molar-refractivity contribution in [1.82, 2.24) is 0 Å². The lowest BCUT2D eigenvalue weighted by molar-refractivity contribution is 0.0859. The molecule has 0 saturated carbocycles. The van der Waals surface area contributed by atoms with Crippen molar-refractivity contribution in [2.24, 2.45) is 5.73 Å². The summed E-state index contributed by atoms with van der Waals surface area (Å²) in [5.41, 5.74) is 5.56. The molecule has 5 heteroatoms. The zero-order valence-electron chi connectivity index (χ0n) is 9.14. The van der Waals surface area contributed by atoms with E-state index < -0.39 is 0 Å². The molecule has 0 aliphatic carbocycles. The van der Waals surface area contributed by atoms with Crippen LogP contribution in [0.5, 0.6) is 17.2 Å². The summed E-state index contributed by atoms with van der Waals surface area (Å²) >= 11 is 0. The summed E-state index contributed by atoms with van der Waals surface area (Å²) in [7, 11) is 1.62. The Bertz CT molecular complexity index is 356. The van der Waals surface area contributed by atoms with E-state index in [0.717, 1.165) is 5.75 Å². The predicted octanol–water partition coefficient (Wildman–Crippen LogP) is 0.768. The minimum absolute atomic E-state index is 0.148. The van der Waals surface area contributed by atoms with Crippen molar-refractivity contribution in [3.8, 4) is 17.2 Å². The summed E-state index contributed by atoms with van der Waals surface area (Å²) in [5, 5.41) is 0. The van der Waals surface area contributed by atoms with Gasteiger partial charge in [-0.25, -0.2) is 0 Å². The van der Waals surface area contributed by atoms with Crippen LogP contribution in [0.15, 0.2) is 18.2 Å². The number of hydrogen-bond donors (Lipinski definition) is 1. The third-order valence-electron chi connectivity index (χ3n) is 2.26. The van der Waals surface area contributed by atoms with Crippen LogP contribution < -0.4 is 19.9 Å². The number of ether oxygens (including phenoxy) is 4. The van der Waals surface area contributed by atoms with Crippen molar-refractivity contribution in [3.05, 3.63) is 18.2 Å². The number of fused-ring (bicyclic) bond motifs is 1. The zero-order chi connectivity index (χ0) is 11.4. The third-order valence-corrected chi connectivity index (χ3v) is 2.26. The topological polar surface area (TPSA) is 62.9 Å². The zero-order valence-corrected chi connectivity index (χ0v) is 9.14. The Balaban J connectivity index is 2.04.